The molecule has 6 nitrogen and oxygen atoms in total. The van der Waals surface area contributed by atoms with Gasteiger partial charge in [0.15, 0.2) is 5.58 Å². The molecule has 1 heterocycles. The van der Waals surface area contributed by atoms with Crippen molar-refractivity contribution in [3.63, 3.8) is 0 Å². The number of nitrogens with one attached hydrogen (secondary N) is 1. The number of rotatable bonds is 5. The van der Waals surface area contributed by atoms with E-state index in [0.29, 0.717) is 24.1 Å². The van der Waals surface area contributed by atoms with Gasteiger partial charge in [-0.1, -0.05) is 6.92 Å². The normalized spacial score (nSPS) is 12.5. The highest BCUT2D eigenvalue weighted by Crippen LogP contribution is 2.19. The molecule has 1 atom stereocenters. The number of aromatic amines is 1. The second-order valence-corrected chi connectivity index (χ2v) is 4.64. The van der Waals surface area contributed by atoms with Gasteiger partial charge in [-0.25, -0.2) is 4.79 Å². The quantitative estimate of drug-likeness (QED) is 0.857. The maximum atomic E-state index is 11.1. The van der Waals surface area contributed by atoms with E-state index in [0.717, 1.165) is 5.69 Å². The Balaban J connectivity index is 2.10. The van der Waals surface area contributed by atoms with E-state index in [2.05, 4.69) is 4.98 Å². The zero-order chi connectivity index (χ0) is 14.0. The number of aliphatic carboxylic acids is 1. The van der Waals surface area contributed by atoms with E-state index in [4.69, 9.17) is 9.52 Å². The largest absolute Gasteiger partial charge is 0.481 e. The van der Waals surface area contributed by atoms with Crippen LogP contribution in [0.2, 0.25) is 0 Å². The summed E-state index contributed by atoms with van der Waals surface area (Å²) in [6, 6.07) is 5.37. The Labute approximate surface area is 109 Å². The SMILES string of the molecule is CC(CCN(C)c1ccc2oc(=O)[nH]c2c1)C(=O)O. The summed E-state index contributed by atoms with van der Waals surface area (Å²) < 4.78 is 4.92. The molecule has 0 amide bonds. The maximum Gasteiger partial charge on any atom is 0.417 e. The van der Waals surface area contributed by atoms with Gasteiger partial charge in [0.2, 0.25) is 0 Å². The number of hydrogen-bond acceptors (Lipinski definition) is 4. The first-order valence-corrected chi connectivity index (χ1v) is 6.04. The highest BCUT2D eigenvalue weighted by Gasteiger charge is 2.12. The molecule has 0 spiro atoms. The zero-order valence-corrected chi connectivity index (χ0v) is 10.8. The first-order valence-electron chi connectivity index (χ1n) is 6.04. The second kappa shape index (κ2) is 5.17. The van der Waals surface area contributed by atoms with Crippen molar-refractivity contribution >= 4 is 22.8 Å². The van der Waals surface area contributed by atoms with Crippen molar-refractivity contribution in [3.8, 4) is 0 Å². The monoisotopic (exact) mass is 264 g/mol. The minimum atomic E-state index is -0.789. The summed E-state index contributed by atoms with van der Waals surface area (Å²) in [5.74, 6) is -1.64. The number of nitrogens with zero attached hydrogens (tertiary/aromatic N) is 1. The van der Waals surface area contributed by atoms with Crippen molar-refractivity contribution in [2.45, 2.75) is 13.3 Å². The molecule has 0 aliphatic rings. The number of benzene rings is 1. The minimum absolute atomic E-state index is 0.375. The van der Waals surface area contributed by atoms with Gasteiger partial charge in [0.25, 0.3) is 0 Å². The summed E-state index contributed by atoms with van der Waals surface area (Å²) >= 11 is 0. The van der Waals surface area contributed by atoms with E-state index < -0.39 is 11.7 Å². The Kier molecular flexibility index (Phi) is 3.59. The summed E-state index contributed by atoms with van der Waals surface area (Å²) in [6.45, 7) is 2.31. The standard InChI is InChI=1S/C13H16N2O4/c1-8(12(16)17)5-6-15(2)9-3-4-11-10(7-9)14-13(18)19-11/h3-4,7-8H,5-6H2,1-2H3,(H,14,18)(H,16,17). The molecule has 1 aromatic carbocycles. The molecule has 0 aliphatic carbocycles. The maximum absolute atomic E-state index is 11.1. The Bertz CT molecular complexity index is 643. The van der Waals surface area contributed by atoms with Gasteiger partial charge in [-0.15, -0.1) is 0 Å². The molecule has 0 aliphatic heterocycles. The molecule has 0 fully saturated rings. The molecule has 1 aromatic heterocycles. The highest BCUT2D eigenvalue weighted by atomic mass is 16.4. The Hall–Kier alpha value is -2.24. The van der Waals surface area contributed by atoms with Crippen molar-refractivity contribution in [1.82, 2.24) is 4.98 Å². The predicted molar refractivity (Wildman–Crippen MR) is 71.5 cm³/mol. The number of carbonyl (C=O) groups is 1. The van der Waals surface area contributed by atoms with Crippen LogP contribution in [0.25, 0.3) is 11.1 Å². The van der Waals surface area contributed by atoms with Gasteiger partial charge in [0, 0.05) is 19.3 Å². The van der Waals surface area contributed by atoms with Crippen molar-refractivity contribution in [2.75, 3.05) is 18.5 Å². The lowest BCUT2D eigenvalue weighted by Crippen LogP contribution is -2.22. The Morgan fingerprint density at radius 1 is 1.53 bits per heavy atom. The number of H-pyrrole nitrogens is 1. The van der Waals surface area contributed by atoms with Gasteiger partial charge in [0.1, 0.15) is 0 Å². The van der Waals surface area contributed by atoms with E-state index in [9.17, 15) is 9.59 Å². The molecule has 102 valence electrons. The number of anilines is 1. The number of fused-ring (bicyclic) bond motifs is 1. The van der Waals surface area contributed by atoms with E-state index in [1.165, 1.54) is 0 Å². The number of carboxylic acids is 1. The molecule has 2 N–H and O–H groups in total. The van der Waals surface area contributed by atoms with Crippen LogP contribution in [0.3, 0.4) is 0 Å². The van der Waals surface area contributed by atoms with Gasteiger partial charge in [0.05, 0.1) is 11.4 Å². The molecular weight excluding hydrogens is 248 g/mol. The molecule has 0 saturated heterocycles. The third kappa shape index (κ3) is 2.96. The molecule has 1 unspecified atom stereocenters. The molecule has 2 aromatic rings. The average Bonchev–Trinajstić information content (AvgIpc) is 2.74. The lowest BCUT2D eigenvalue weighted by molar-refractivity contribution is -0.141. The first-order chi connectivity index (χ1) is 8.97. The van der Waals surface area contributed by atoms with Gasteiger partial charge in [-0.2, -0.15) is 0 Å². The molecule has 6 heteroatoms. The van der Waals surface area contributed by atoms with Crippen LogP contribution in [0.1, 0.15) is 13.3 Å². The third-order valence-corrected chi connectivity index (χ3v) is 3.16. The van der Waals surface area contributed by atoms with Crippen LogP contribution in [-0.4, -0.2) is 29.7 Å². The highest BCUT2D eigenvalue weighted by molar-refractivity contribution is 5.77. The minimum Gasteiger partial charge on any atom is -0.481 e. The van der Waals surface area contributed by atoms with Gasteiger partial charge in [-0.3, -0.25) is 9.78 Å². The summed E-state index contributed by atoms with van der Waals surface area (Å²) in [5.41, 5.74) is 2.06. The van der Waals surface area contributed by atoms with Crippen molar-refractivity contribution < 1.29 is 14.3 Å². The number of carboxylic acid groups (broad SMARTS) is 1. The summed E-state index contributed by atoms with van der Waals surface area (Å²) in [4.78, 5) is 26.4. The average molecular weight is 264 g/mol. The fourth-order valence-corrected chi connectivity index (χ4v) is 1.82. The van der Waals surface area contributed by atoms with Crippen LogP contribution >= 0.6 is 0 Å². The van der Waals surface area contributed by atoms with E-state index >= 15 is 0 Å². The van der Waals surface area contributed by atoms with Crippen LogP contribution < -0.4 is 10.7 Å². The smallest absolute Gasteiger partial charge is 0.417 e. The first kappa shape index (κ1) is 13.2. The number of aromatic nitrogens is 1. The van der Waals surface area contributed by atoms with Crippen LogP contribution in [0.15, 0.2) is 27.4 Å². The second-order valence-electron chi connectivity index (χ2n) is 4.64. The summed E-state index contributed by atoms with van der Waals surface area (Å²) in [6.07, 6.45) is 0.561. The van der Waals surface area contributed by atoms with Gasteiger partial charge >= 0.3 is 11.7 Å². The van der Waals surface area contributed by atoms with Crippen LogP contribution in [-0.2, 0) is 4.79 Å². The van der Waals surface area contributed by atoms with Crippen LogP contribution in [0, 0.1) is 5.92 Å². The van der Waals surface area contributed by atoms with Crippen molar-refractivity contribution in [3.05, 3.63) is 28.7 Å². The molecule has 19 heavy (non-hydrogen) atoms. The summed E-state index contributed by atoms with van der Waals surface area (Å²) in [5, 5.41) is 8.84. The molecule has 2 rings (SSSR count). The van der Waals surface area contributed by atoms with E-state index in [1.54, 1.807) is 13.0 Å². The molecule has 0 bridgehead atoms. The van der Waals surface area contributed by atoms with E-state index in [-0.39, 0.29) is 5.92 Å². The predicted octanol–water partition coefficient (Wildman–Crippen LogP) is 1.67. The molecule has 0 radical (unpaired) electrons. The third-order valence-electron chi connectivity index (χ3n) is 3.16. The van der Waals surface area contributed by atoms with E-state index in [1.807, 2.05) is 24.1 Å². The topological polar surface area (TPSA) is 86.5 Å². The lowest BCUT2D eigenvalue weighted by atomic mass is 10.1. The number of hydrogen-bond donors (Lipinski definition) is 2. The van der Waals surface area contributed by atoms with Gasteiger partial charge < -0.3 is 14.4 Å². The summed E-state index contributed by atoms with van der Waals surface area (Å²) in [7, 11) is 1.88. The van der Waals surface area contributed by atoms with Crippen molar-refractivity contribution in [1.29, 1.82) is 0 Å². The Morgan fingerprint density at radius 2 is 2.26 bits per heavy atom. The fourth-order valence-electron chi connectivity index (χ4n) is 1.82. The molecular formula is C13H16N2O4. The zero-order valence-electron chi connectivity index (χ0n) is 10.8. The van der Waals surface area contributed by atoms with Crippen LogP contribution in [0.4, 0.5) is 5.69 Å². The molecule has 0 saturated carbocycles. The van der Waals surface area contributed by atoms with Crippen LogP contribution in [0.5, 0.6) is 0 Å². The Morgan fingerprint density at radius 3 is 2.95 bits per heavy atom. The lowest BCUT2D eigenvalue weighted by Gasteiger charge is -2.20. The number of oxazole rings is 1. The van der Waals surface area contributed by atoms with Gasteiger partial charge in [-0.05, 0) is 24.6 Å². The van der Waals surface area contributed by atoms with Crippen molar-refractivity contribution in [2.24, 2.45) is 5.92 Å². The fraction of sp³-hybridized carbons (Fsp3) is 0.385.